The van der Waals surface area contributed by atoms with Crippen LogP contribution in [0.3, 0.4) is 0 Å². The maximum Gasteiger partial charge on any atom is 0.248 e. The molecule has 0 saturated carbocycles. The molecule has 22 heavy (non-hydrogen) atoms. The van der Waals surface area contributed by atoms with Gasteiger partial charge in [-0.05, 0) is 49.8 Å². The van der Waals surface area contributed by atoms with E-state index in [4.69, 9.17) is 5.73 Å². The van der Waals surface area contributed by atoms with Crippen molar-refractivity contribution in [2.45, 2.75) is 19.4 Å². The van der Waals surface area contributed by atoms with Gasteiger partial charge in [-0.2, -0.15) is 0 Å². The predicted octanol–water partition coefficient (Wildman–Crippen LogP) is 0.930. The number of amides is 1. The van der Waals surface area contributed by atoms with Crippen LogP contribution in [-0.4, -0.2) is 28.2 Å². The number of carbonyl (C=O) groups excluding carboxylic acids is 3. The summed E-state index contributed by atoms with van der Waals surface area (Å²) in [5.41, 5.74) is 4.82. The molecule has 1 atom stereocenters. The van der Waals surface area contributed by atoms with Crippen molar-refractivity contribution < 1.29 is 19.5 Å². The van der Waals surface area contributed by atoms with Gasteiger partial charge < -0.3 is 16.2 Å². The molecule has 6 heteroatoms. The van der Waals surface area contributed by atoms with Crippen molar-refractivity contribution >= 4 is 23.2 Å². The number of allylic oxidation sites excluding steroid dienone is 1. The number of rotatable bonds is 3. The van der Waals surface area contributed by atoms with Gasteiger partial charge in [-0.15, -0.1) is 0 Å². The van der Waals surface area contributed by atoms with Gasteiger partial charge in [-0.1, -0.05) is 0 Å². The fraction of sp³-hybridized carbons (Fsp3) is 0.188. The van der Waals surface area contributed by atoms with E-state index < -0.39 is 23.1 Å². The van der Waals surface area contributed by atoms with Crippen LogP contribution < -0.4 is 11.1 Å². The zero-order valence-electron chi connectivity index (χ0n) is 12.2. The Balaban J connectivity index is 2.26. The second kappa shape index (κ2) is 5.57. The summed E-state index contributed by atoms with van der Waals surface area (Å²) < 4.78 is 0. The van der Waals surface area contributed by atoms with Crippen molar-refractivity contribution in [2.75, 3.05) is 5.32 Å². The number of nitrogens with two attached hydrogens (primary N) is 1. The average molecular weight is 300 g/mol. The lowest BCUT2D eigenvalue weighted by Crippen LogP contribution is -2.46. The van der Waals surface area contributed by atoms with E-state index in [0.29, 0.717) is 16.8 Å². The molecule has 1 aliphatic rings. The monoisotopic (exact) mass is 300 g/mol. The predicted molar refractivity (Wildman–Crippen MR) is 81.1 cm³/mol. The van der Waals surface area contributed by atoms with Crippen LogP contribution in [0.4, 0.5) is 5.69 Å². The molecule has 1 aromatic carbocycles. The van der Waals surface area contributed by atoms with Crippen molar-refractivity contribution in [1.29, 1.82) is 0 Å². The first-order chi connectivity index (χ1) is 10.2. The smallest absolute Gasteiger partial charge is 0.248 e. The summed E-state index contributed by atoms with van der Waals surface area (Å²) in [4.78, 5) is 34.8. The molecule has 2 rings (SSSR count). The molecule has 0 unspecified atom stereocenters. The molecule has 0 heterocycles. The molecule has 0 fully saturated rings. The molecule has 0 aromatic heterocycles. The standard InChI is InChI=1S/C16H16N2O4/c1-9-7-13(19)16(2,22)14(20)12(9)8-18-11-5-3-10(4-6-11)15(17)21/h3-8,18,22H,1-2H3,(H2,17,21)/b12-8-/t16-/m1/s1. The Morgan fingerprint density at radius 3 is 2.41 bits per heavy atom. The normalized spacial score (nSPS) is 23.4. The maximum absolute atomic E-state index is 12.2. The van der Waals surface area contributed by atoms with Crippen molar-refractivity contribution in [2.24, 2.45) is 5.73 Å². The summed E-state index contributed by atoms with van der Waals surface area (Å²) in [6.45, 7) is 2.80. The summed E-state index contributed by atoms with van der Waals surface area (Å²) >= 11 is 0. The number of aliphatic hydroxyl groups is 1. The van der Waals surface area contributed by atoms with Crippen molar-refractivity contribution in [3.63, 3.8) is 0 Å². The molecule has 0 aliphatic heterocycles. The van der Waals surface area contributed by atoms with Gasteiger partial charge in [0.15, 0.2) is 11.4 Å². The van der Waals surface area contributed by atoms with Gasteiger partial charge in [0.05, 0.1) is 0 Å². The van der Waals surface area contributed by atoms with Crippen LogP contribution in [0.2, 0.25) is 0 Å². The first-order valence-electron chi connectivity index (χ1n) is 6.60. The van der Waals surface area contributed by atoms with Gasteiger partial charge in [-0.25, -0.2) is 0 Å². The molecule has 1 aromatic rings. The number of primary amides is 1. The minimum atomic E-state index is -2.04. The zero-order chi connectivity index (χ0) is 16.5. The number of nitrogens with one attached hydrogen (secondary N) is 1. The summed E-state index contributed by atoms with van der Waals surface area (Å²) in [5.74, 6) is -1.81. The third-order valence-corrected chi connectivity index (χ3v) is 3.49. The van der Waals surface area contributed by atoms with E-state index in [1.165, 1.54) is 19.2 Å². The third-order valence-electron chi connectivity index (χ3n) is 3.49. The number of carbonyl (C=O) groups is 3. The molecule has 114 valence electrons. The lowest BCUT2D eigenvalue weighted by atomic mass is 9.82. The van der Waals surface area contributed by atoms with Crippen LogP contribution in [0.1, 0.15) is 24.2 Å². The highest BCUT2D eigenvalue weighted by Gasteiger charge is 2.42. The van der Waals surface area contributed by atoms with E-state index in [9.17, 15) is 19.5 Å². The number of hydrogen-bond acceptors (Lipinski definition) is 5. The van der Waals surface area contributed by atoms with Crippen LogP contribution in [0.5, 0.6) is 0 Å². The van der Waals surface area contributed by atoms with Crippen molar-refractivity contribution in [1.82, 2.24) is 0 Å². The fourth-order valence-electron chi connectivity index (χ4n) is 2.03. The lowest BCUT2D eigenvalue weighted by Gasteiger charge is -2.25. The molecule has 1 amide bonds. The number of Topliss-reactive ketones (excluding diaryl/α,β-unsaturated/α-hetero) is 1. The number of anilines is 1. The van der Waals surface area contributed by atoms with E-state index in [1.54, 1.807) is 31.2 Å². The summed E-state index contributed by atoms with van der Waals surface area (Å²) in [6.07, 6.45) is 2.67. The molecule has 1 aliphatic carbocycles. The third kappa shape index (κ3) is 2.82. The Morgan fingerprint density at radius 1 is 1.27 bits per heavy atom. The fourth-order valence-corrected chi connectivity index (χ4v) is 2.03. The lowest BCUT2D eigenvalue weighted by molar-refractivity contribution is -0.144. The minimum Gasteiger partial charge on any atom is -0.374 e. The zero-order valence-corrected chi connectivity index (χ0v) is 12.2. The first-order valence-corrected chi connectivity index (χ1v) is 6.60. The van der Waals surface area contributed by atoms with Gasteiger partial charge in [0.25, 0.3) is 0 Å². The Kier molecular flexibility index (Phi) is 3.97. The second-order valence-corrected chi connectivity index (χ2v) is 5.24. The average Bonchev–Trinajstić information content (AvgIpc) is 2.46. The minimum absolute atomic E-state index is 0.226. The van der Waals surface area contributed by atoms with Crippen LogP contribution >= 0.6 is 0 Å². The molecule has 0 radical (unpaired) electrons. The van der Waals surface area contributed by atoms with Crippen LogP contribution in [0, 0.1) is 0 Å². The molecule has 6 nitrogen and oxygen atoms in total. The van der Waals surface area contributed by atoms with Gasteiger partial charge in [0.2, 0.25) is 11.7 Å². The van der Waals surface area contributed by atoms with E-state index >= 15 is 0 Å². The molecule has 0 spiro atoms. The van der Waals surface area contributed by atoms with Gasteiger partial charge in [0.1, 0.15) is 0 Å². The Morgan fingerprint density at radius 2 is 1.86 bits per heavy atom. The van der Waals surface area contributed by atoms with E-state index in [2.05, 4.69) is 5.32 Å². The van der Waals surface area contributed by atoms with Crippen LogP contribution in [0.25, 0.3) is 0 Å². The Hall–Kier alpha value is -2.73. The Labute approximate surface area is 127 Å². The highest BCUT2D eigenvalue weighted by atomic mass is 16.3. The van der Waals surface area contributed by atoms with Gasteiger partial charge in [-0.3, -0.25) is 14.4 Å². The van der Waals surface area contributed by atoms with Crippen molar-refractivity contribution in [3.05, 3.63) is 53.3 Å². The molecular formula is C16H16N2O4. The van der Waals surface area contributed by atoms with E-state index in [0.717, 1.165) is 0 Å². The van der Waals surface area contributed by atoms with Crippen molar-refractivity contribution in [3.8, 4) is 0 Å². The topological polar surface area (TPSA) is 109 Å². The van der Waals surface area contributed by atoms with E-state index in [1.807, 2.05) is 0 Å². The molecular weight excluding hydrogens is 284 g/mol. The molecule has 0 bridgehead atoms. The SMILES string of the molecule is CC1=CC(=O)[C@@](C)(O)C(=O)/C1=C\Nc1ccc(C(N)=O)cc1. The Bertz CT molecular complexity index is 712. The number of hydrogen-bond donors (Lipinski definition) is 3. The highest BCUT2D eigenvalue weighted by molar-refractivity contribution is 6.25. The summed E-state index contributed by atoms with van der Waals surface area (Å²) in [7, 11) is 0. The summed E-state index contributed by atoms with van der Waals surface area (Å²) in [5, 5.41) is 12.8. The highest BCUT2D eigenvalue weighted by Crippen LogP contribution is 2.26. The van der Waals surface area contributed by atoms with E-state index in [-0.39, 0.29) is 5.57 Å². The van der Waals surface area contributed by atoms with Gasteiger partial charge in [0, 0.05) is 23.0 Å². The quantitative estimate of drug-likeness (QED) is 0.568. The second-order valence-electron chi connectivity index (χ2n) is 5.24. The first kappa shape index (κ1) is 15.7. The summed E-state index contributed by atoms with van der Waals surface area (Å²) in [6, 6.07) is 6.36. The van der Waals surface area contributed by atoms with Crippen LogP contribution in [-0.2, 0) is 9.59 Å². The largest absolute Gasteiger partial charge is 0.374 e. The molecule has 0 saturated heterocycles. The van der Waals surface area contributed by atoms with Gasteiger partial charge >= 0.3 is 0 Å². The molecule has 4 N–H and O–H groups in total. The van der Waals surface area contributed by atoms with Crippen LogP contribution in [0.15, 0.2) is 47.7 Å². The maximum atomic E-state index is 12.2. The number of benzene rings is 1. The number of ketones is 2.